The van der Waals surface area contributed by atoms with E-state index in [1.165, 1.54) is 0 Å². The second-order valence-corrected chi connectivity index (χ2v) is 6.82. The summed E-state index contributed by atoms with van der Waals surface area (Å²) < 4.78 is 5.44. The number of nitrogens with one attached hydrogen (secondary N) is 1. The standard InChI is InChI=1S/C16H21N5O3/c17-14-19-11-5-2-1-4-10(11)12(20-14)13(22)21-7-3-6-16(9-21)8-18-15(23)24-16/h1-9H2,(H,18,23)(H2,17,19,20)/t16-/m0/s1. The van der Waals surface area contributed by atoms with Gasteiger partial charge in [0.05, 0.1) is 13.1 Å². The van der Waals surface area contributed by atoms with Crippen molar-refractivity contribution in [3.63, 3.8) is 0 Å². The molecule has 3 aliphatic rings. The smallest absolute Gasteiger partial charge is 0.407 e. The first kappa shape index (κ1) is 15.2. The molecular weight excluding hydrogens is 310 g/mol. The van der Waals surface area contributed by atoms with Crippen molar-refractivity contribution in [2.45, 2.75) is 44.1 Å². The maximum Gasteiger partial charge on any atom is 0.407 e. The fourth-order valence-corrected chi connectivity index (χ4v) is 3.94. The van der Waals surface area contributed by atoms with E-state index in [-0.39, 0.29) is 11.9 Å². The van der Waals surface area contributed by atoms with Crippen molar-refractivity contribution >= 4 is 17.9 Å². The predicted molar refractivity (Wildman–Crippen MR) is 85.4 cm³/mol. The van der Waals surface area contributed by atoms with E-state index in [1.54, 1.807) is 4.90 Å². The minimum Gasteiger partial charge on any atom is -0.439 e. The van der Waals surface area contributed by atoms with Gasteiger partial charge in [0.2, 0.25) is 5.95 Å². The molecule has 0 unspecified atom stereocenters. The molecule has 2 aliphatic heterocycles. The Morgan fingerprint density at radius 3 is 2.88 bits per heavy atom. The quantitative estimate of drug-likeness (QED) is 0.782. The molecule has 2 saturated heterocycles. The van der Waals surface area contributed by atoms with Crippen molar-refractivity contribution < 1.29 is 14.3 Å². The number of hydrogen-bond donors (Lipinski definition) is 2. The van der Waals surface area contributed by atoms with Crippen molar-refractivity contribution in [1.29, 1.82) is 0 Å². The largest absolute Gasteiger partial charge is 0.439 e. The summed E-state index contributed by atoms with van der Waals surface area (Å²) >= 11 is 0. The molecule has 2 amide bonds. The van der Waals surface area contributed by atoms with Crippen LogP contribution in [0.3, 0.4) is 0 Å². The number of aromatic nitrogens is 2. The maximum absolute atomic E-state index is 13.1. The number of fused-ring (bicyclic) bond motifs is 1. The number of carbonyl (C=O) groups is 2. The van der Waals surface area contributed by atoms with E-state index in [0.717, 1.165) is 49.8 Å². The first-order valence-electron chi connectivity index (χ1n) is 8.48. The van der Waals surface area contributed by atoms with Crippen molar-refractivity contribution in [3.8, 4) is 0 Å². The van der Waals surface area contributed by atoms with E-state index in [9.17, 15) is 9.59 Å². The van der Waals surface area contributed by atoms with Crippen LogP contribution >= 0.6 is 0 Å². The molecule has 1 atom stereocenters. The number of amides is 2. The van der Waals surface area contributed by atoms with Crippen molar-refractivity contribution in [2.24, 2.45) is 0 Å². The Kier molecular flexibility index (Phi) is 3.54. The first-order chi connectivity index (χ1) is 11.6. The lowest BCUT2D eigenvalue weighted by atomic mass is 9.91. The van der Waals surface area contributed by atoms with Crippen molar-refractivity contribution in [1.82, 2.24) is 20.2 Å². The van der Waals surface area contributed by atoms with Crippen LogP contribution in [0.1, 0.15) is 47.4 Å². The highest BCUT2D eigenvalue weighted by Gasteiger charge is 2.45. The van der Waals surface area contributed by atoms with Gasteiger partial charge in [0, 0.05) is 17.8 Å². The molecule has 24 heavy (non-hydrogen) atoms. The summed E-state index contributed by atoms with van der Waals surface area (Å²) in [5, 5.41) is 2.69. The number of nitrogens with two attached hydrogens (primary N) is 1. The summed E-state index contributed by atoms with van der Waals surface area (Å²) in [6.45, 7) is 1.47. The van der Waals surface area contributed by atoms with Gasteiger partial charge in [-0.25, -0.2) is 14.8 Å². The van der Waals surface area contributed by atoms with Gasteiger partial charge in [0.1, 0.15) is 11.3 Å². The van der Waals surface area contributed by atoms with Crippen LogP contribution in [-0.2, 0) is 17.6 Å². The zero-order chi connectivity index (χ0) is 16.7. The molecule has 0 saturated carbocycles. The number of likely N-dealkylation sites (tertiary alicyclic amines) is 1. The SMILES string of the molecule is Nc1nc2c(c(C(=O)N3CCC[C@]4(CNC(=O)O4)C3)n1)CCCC2. The number of carbonyl (C=O) groups excluding carboxylic acids is 2. The highest BCUT2D eigenvalue weighted by Crippen LogP contribution is 2.30. The predicted octanol–water partition coefficient (Wildman–Crippen LogP) is 0.652. The van der Waals surface area contributed by atoms with Crippen molar-refractivity contribution in [2.75, 3.05) is 25.4 Å². The van der Waals surface area contributed by atoms with Gasteiger partial charge in [0.25, 0.3) is 5.91 Å². The number of ether oxygens (including phenoxy) is 1. The van der Waals surface area contributed by atoms with E-state index in [4.69, 9.17) is 10.5 Å². The lowest BCUT2D eigenvalue weighted by Gasteiger charge is -2.38. The van der Waals surface area contributed by atoms with Gasteiger partial charge in [-0.15, -0.1) is 0 Å². The topological polar surface area (TPSA) is 110 Å². The van der Waals surface area contributed by atoms with Crippen LogP contribution < -0.4 is 11.1 Å². The Labute approximate surface area is 139 Å². The number of aryl methyl sites for hydroxylation is 1. The zero-order valence-corrected chi connectivity index (χ0v) is 13.5. The highest BCUT2D eigenvalue weighted by atomic mass is 16.6. The van der Waals surface area contributed by atoms with Gasteiger partial charge in [-0.2, -0.15) is 0 Å². The molecule has 8 heteroatoms. The lowest BCUT2D eigenvalue weighted by Crippen LogP contribution is -2.52. The molecule has 1 spiro atoms. The number of nitrogen functional groups attached to an aromatic ring is 1. The van der Waals surface area contributed by atoms with Crippen LogP contribution in [0.25, 0.3) is 0 Å². The Balaban J connectivity index is 1.62. The number of piperidine rings is 1. The van der Waals surface area contributed by atoms with E-state index < -0.39 is 11.7 Å². The number of nitrogens with zero attached hydrogens (tertiary/aromatic N) is 3. The summed E-state index contributed by atoms with van der Waals surface area (Å²) in [7, 11) is 0. The van der Waals surface area contributed by atoms with Gasteiger partial charge < -0.3 is 20.7 Å². The third-order valence-corrected chi connectivity index (χ3v) is 5.09. The zero-order valence-electron chi connectivity index (χ0n) is 13.5. The number of anilines is 1. The molecule has 4 rings (SSSR count). The van der Waals surface area contributed by atoms with Gasteiger partial charge >= 0.3 is 6.09 Å². The van der Waals surface area contributed by atoms with E-state index in [1.807, 2.05) is 0 Å². The summed E-state index contributed by atoms with van der Waals surface area (Å²) in [5.41, 5.74) is 7.46. The average molecular weight is 331 g/mol. The molecule has 1 aromatic rings. The minimum atomic E-state index is -0.608. The molecule has 1 aromatic heterocycles. The second-order valence-electron chi connectivity index (χ2n) is 6.82. The molecule has 0 bridgehead atoms. The number of rotatable bonds is 1. The normalized spacial score (nSPS) is 26.0. The summed E-state index contributed by atoms with van der Waals surface area (Å²) in [6, 6.07) is 0. The van der Waals surface area contributed by atoms with Crippen molar-refractivity contribution in [3.05, 3.63) is 17.0 Å². The molecule has 0 radical (unpaired) electrons. The summed E-state index contributed by atoms with van der Waals surface area (Å²) in [4.78, 5) is 34.8. The van der Waals surface area contributed by atoms with Gasteiger partial charge in [-0.1, -0.05) is 0 Å². The fraction of sp³-hybridized carbons (Fsp3) is 0.625. The molecule has 3 heterocycles. The molecule has 128 valence electrons. The maximum atomic E-state index is 13.1. The van der Waals surface area contributed by atoms with Gasteiger partial charge in [-0.3, -0.25) is 4.79 Å². The van der Waals surface area contributed by atoms with Crippen LogP contribution in [0.2, 0.25) is 0 Å². The van der Waals surface area contributed by atoms with E-state index >= 15 is 0 Å². The Morgan fingerprint density at radius 2 is 2.08 bits per heavy atom. The number of hydrogen-bond acceptors (Lipinski definition) is 6. The van der Waals surface area contributed by atoms with E-state index in [0.29, 0.717) is 25.3 Å². The second kappa shape index (κ2) is 5.61. The molecule has 2 fully saturated rings. The van der Waals surface area contributed by atoms with Crippen LogP contribution in [0.15, 0.2) is 0 Å². The van der Waals surface area contributed by atoms with Crippen LogP contribution in [0.5, 0.6) is 0 Å². The molecule has 0 aromatic carbocycles. The van der Waals surface area contributed by atoms with Gasteiger partial charge in [0.15, 0.2) is 0 Å². The Hall–Kier alpha value is -2.38. The third kappa shape index (κ3) is 2.55. The number of alkyl carbamates (subject to hydrolysis) is 1. The highest BCUT2D eigenvalue weighted by molar-refractivity contribution is 5.94. The van der Waals surface area contributed by atoms with Gasteiger partial charge in [-0.05, 0) is 38.5 Å². The molecule has 1 aliphatic carbocycles. The van der Waals surface area contributed by atoms with Crippen LogP contribution in [0, 0.1) is 0 Å². The van der Waals surface area contributed by atoms with Crippen LogP contribution in [-0.4, -0.2) is 52.1 Å². The molecular formula is C16H21N5O3. The minimum absolute atomic E-state index is 0.135. The fourth-order valence-electron chi connectivity index (χ4n) is 3.94. The Bertz CT molecular complexity index is 707. The third-order valence-electron chi connectivity index (χ3n) is 5.09. The van der Waals surface area contributed by atoms with E-state index in [2.05, 4.69) is 15.3 Å². The summed E-state index contributed by atoms with van der Waals surface area (Å²) in [6.07, 6.45) is 4.90. The molecule has 8 nitrogen and oxygen atoms in total. The Morgan fingerprint density at radius 1 is 1.25 bits per heavy atom. The molecule has 3 N–H and O–H groups in total. The monoisotopic (exact) mass is 331 g/mol. The summed E-state index contributed by atoms with van der Waals surface area (Å²) in [5.74, 6) is 0.0176. The lowest BCUT2D eigenvalue weighted by molar-refractivity contribution is -0.00529. The van der Waals surface area contributed by atoms with Crippen LogP contribution in [0.4, 0.5) is 10.7 Å². The average Bonchev–Trinajstić information content (AvgIpc) is 2.93. The first-order valence-corrected chi connectivity index (χ1v) is 8.48.